The standard InChI is InChI=1S/C11H14F2N2O/c12-8-3-4-9(14)11(10(8)13)15-5-1-2-7(16)6-15/h3-4,7,16H,1-2,5-6,14H2. The Kier molecular flexibility index (Phi) is 2.96. The summed E-state index contributed by atoms with van der Waals surface area (Å²) in [6.07, 6.45) is 0.931. The van der Waals surface area contributed by atoms with Gasteiger partial charge in [0.25, 0.3) is 0 Å². The zero-order valence-electron chi connectivity index (χ0n) is 8.79. The number of nitrogens with two attached hydrogens (primary N) is 1. The summed E-state index contributed by atoms with van der Waals surface area (Å²) in [5.41, 5.74) is 5.91. The number of hydrogen-bond donors (Lipinski definition) is 2. The summed E-state index contributed by atoms with van der Waals surface area (Å²) in [4.78, 5) is 1.60. The van der Waals surface area contributed by atoms with Crippen LogP contribution in [-0.4, -0.2) is 24.3 Å². The van der Waals surface area contributed by atoms with Crippen LogP contribution in [-0.2, 0) is 0 Å². The van der Waals surface area contributed by atoms with Gasteiger partial charge in [0.15, 0.2) is 11.6 Å². The van der Waals surface area contributed by atoms with Crippen LogP contribution in [0.15, 0.2) is 12.1 Å². The number of nitrogens with zero attached hydrogens (tertiary/aromatic N) is 1. The Morgan fingerprint density at radius 1 is 1.38 bits per heavy atom. The highest BCUT2D eigenvalue weighted by molar-refractivity contribution is 5.68. The second-order valence-corrected chi connectivity index (χ2v) is 4.04. The number of nitrogen functional groups attached to an aromatic ring is 1. The van der Waals surface area contributed by atoms with E-state index in [0.717, 1.165) is 12.5 Å². The minimum atomic E-state index is -0.936. The molecule has 1 aromatic carbocycles. The molecule has 0 spiro atoms. The summed E-state index contributed by atoms with van der Waals surface area (Å²) in [6.45, 7) is 0.881. The first-order valence-corrected chi connectivity index (χ1v) is 5.26. The first kappa shape index (κ1) is 11.1. The summed E-state index contributed by atoms with van der Waals surface area (Å²) in [7, 11) is 0. The van der Waals surface area contributed by atoms with Crippen LogP contribution in [0.4, 0.5) is 20.2 Å². The average Bonchev–Trinajstić information content (AvgIpc) is 2.24. The Morgan fingerprint density at radius 2 is 2.12 bits per heavy atom. The minimum absolute atomic E-state index is 0.0683. The fraction of sp³-hybridized carbons (Fsp3) is 0.455. The molecule has 1 aliphatic rings. The summed E-state index contributed by atoms with van der Waals surface area (Å²) in [6, 6.07) is 2.35. The smallest absolute Gasteiger partial charge is 0.184 e. The number of rotatable bonds is 1. The van der Waals surface area contributed by atoms with Gasteiger partial charge in [-0.15, -0.1) is 0 Å². The second-order valence-electron chi connectivity index (χ2n) is 4.04. The molecule has 1 unspecified atom stereocenters. The van der Waals surface area contributed by atoms with Gasteiger partial charge in [0.05, 0.1) is 17.5 Å². The highest BCUT2D eigenvalue weighted by Crippen LogP contribution is 2.30. The van der Waals surface area contributed by atoms with Crippen molar-refractivity contribution in [3.05, 3.63) is 23.8 Å². The lowest BCUT2D eigenvalue weighted by Gasteiger charge is -2.32. The number of anilines is 2. The van der Waals surface area contributed by atoms with E-state index in [0.29, 0.717) is 19.5 Å². The quantitative estimate of drug-likeness (QED) is 0.716. The molecule has 1 saturated heterocycles. The van der Waals surface area contributed by atoms with Crippen LogP contribution < -0.4 is 10.6 Å². The van der Waals surface area contributed by atoms with E-state index in [4.69, 9.17) is 5.73 Å². The Morgan fingerprint density at radius 3 is 2.81 bits per heavy atom. The van der Waals surface area contributed by atoms with Crippen molar-refractivity contribution in [1.29, 1.82) is 0 Å². The van der Waals surface area contributed by atoms with Crippen molar-refractivity contribution < 1.29 is 13.9 Å². The van der Waals surface area contributed by atoms with Crippen LogP contribution in [0, 0.1) is 11.6 Å². The minimum Gasteiger partial charge on any atom is -0.397 e. The molecule has 2 rings (SSSR count). The molecule has 88 valence electrons. The third-order valence-corrected chi connectivity index (χ3v) is 2.81. The summed E-state index contributed by atoms with van der Waals surface area (Å²) < 4.78 is 26.7. The Labute approximate surface area is 92.5 Å². The molecule has 1 aromatic rings. The first-order valence-electron chi connectivity index (χ1n) is 5.26. The van der Waals surface area contributed by atoms with Crippen molar-refractivity contribution >= 4 is 11.4 Å². The van der Waals surface area contributed by atoms with E-state index in [1.54, 1.807) is 4.90 Å². The Balaban J connectivity index is 2.35. The van der Waals surface area contributed by atoms with Crippen LogP contribution in [0.2, 0.25) is 0 Å². The van der Waals surface area contributed by atoms with E-state index in [9.17, 15) is 13.9 Å². The summed E-state index contributed by atoms with van der Waals surface area (Å²) >= 11 is 0. The average molecular weight is 228 g/mol. The van der Waals surface area contributed by atoms with Crippen molar-refractivity contribution in [3.63, 3.8) is 0 Å². The van der Waals surface area contributed by atoms with Crippen molar-refractivity contribution in [2.24, 2.45) is 0 Å². The fourth-order valence-corrected chi connectivity index (χ4v) is 2.03. The lowest BCUT2D eigenvalue weighted by Crippen LogP contribution is -2.39. The molecule has 0 aromatic heterocycles. The van der Waals surface area contributed by atoms with E-state index < -0.39 is 17.7 Å². The zero-order valence-corrected chi connectivity index (χ0v) is 8.79. The van der Waals surface area contributed by atoms with Gasteiger partial charge in [0.1, 0.15) is 0 Å². The van der Waals surface area contributed by atoms with Crippen LogP contribution in [0.3, 0.4) is 0 Å². The molecule has 0 amide bonds. The maximum atomic E-state index is 13.6. The van der Waals surface area contributed by atoms with Gasteiger partial charge in [-0.05, 0) is 25.0 Å². The van der Waals surface area contributed by atoms with Gasteiger partial charge in [-0.25, -0.2) is 8.78 Å². The topological polar surface area (TPSA) is 49.5 Å². The van der Waals surface area contributed by atoms with E-state index in [2.05, 4.69) is 0 Å². The lowest BCUT2D eigenvalue weighted by molar-refractivity contribution is 0.154. The molecule has 1 heterocycles. The number of aliphatic hydroxyl groups is 1. The van der Waals surface area contributed by atoms with Gasteiger partial charge in [0, 0.05) is 13.1 Å². The van der Waals surface area contributed by atoms with E-state index in [-0.39, 0.29) is 11.4 Å². The van der Waals surface area contributed by atoms with Gasteiger partial charge < -0.3 is 15.7 Å². The number of hydrogen-bond acceptors (Lipinski definition) is 3. The number of aliphatic hydroxyl groups excluding tert-OH is 1. The zero-order chi connectivity index (χ0) is 11.7. The van der Waals surface area contributed by atoms with Gasteiger partial charge >= 0.3 is 0 Å². The van der Waals surface area contributed by atoms with Crippen molar-refractivity contribution in [1.82, 2.24) is 0 Å². The molecule has 1 aliphatic heterocycles. The lowest BCUT2D eigenvalue weighted by atomic mass is 10.1. The molecular formula is C11H14F2N2O. The number of piperidine rings is 1. The van der Waals surface area contributed by atoms with Gasteiger partial charge in [-0.3, -0.25) is 0 Å². The molecule has 1 fully saturated rings. The first-order chi connectivity index (χ1) is 7.59. The molecule has 0 aliphatic carbocycles. The van der Waals surface area contributed by atoms with Crippen molar-refractivity contribution in [2.45, 2.75) is 18.9 Å². The molecule has 3 nitrogen and oxygen atoms in total. The van der Waals surface area contributed by atoms with Crippen LogP contribution in [0.25, 0.3) is 0 Å². The predicted molar refractivity (Wildman–Crippen MR) is 58.2 cm³/mol. The maximum absolute atomic E-state index is 13.6. The molecule has 0 radical (unpaired) electrons. The highest BCUT2D eigenvalue weighted by atomic mass is 19.2. The predicted octanol–water partition coefficient (Wildman–Crippen LogP) is 1.51. The van der Waals surface area contributed by atoms with Crippen LogP contribution in [0.1, 0.15) is 12.8 Å². The molecule has 16 heavy (non-hydrogen) atoms. The highest BCUT2D eigenvalue weighted by Gasteiger charge is 2.23. The second kappa shape index (κ2) is 4.25. The fourth-order valence-electron chi connectivity index (χ4n) is 2.03. The summed E-state index contributed by atoms with van der Waals surface area (Å²) in [5, 5.41) is 9.49. The monoisotopic (exact) mass is 228 g/mol. The van der Waals surface area contributed by atoms with Crippen LogP contribution in [0.5, 0.6) is 0 Å². The van der Waals surface area contributed by atoms with Gasteiger partial charge in [0.2, 0.25) is 0 Å². The van der Waals surface area contributed by atoms with E-state index >= 15 is 0 Å². The van der Waals surface area contributed by atoms with Gasteiger partial charge in [-0.2, -0.15) is 0 Å². The molecule has 1 atom stereocenters. The van der Waals surface area contributed by atoms with Crippen molar-refractivity contribution in [2.75, 3.05) is 23.7 Å². The third-order valence-electron chi connectivity index (χ3n) is 2.81. The molecule has 0 bridgehead atoms. The largest absolute Gasteiger partial charge is 0.397 e. The van der Waals surface area contributed by atoms with Crippen molar-refractivity contribution in [3.8, 4) is 0 Å². The number of benzene rings is 1. The molecule has 5 heteroatoms. The molecular weight excluding hydrogens is 214 g/mol. The normalized spacial score (nSPS) is 21.2. The summed E-state index contributed by atoms with van der Waals surface area (Å²) in [5.74, 6) is -1.85. The third kappa shape index (κ3) is 1.95. The number of halogens is 2. The van der Waals surface area contributed by atoms with E-state index in [1.807, 2.05) is 0 Å². The SMILES string of the molecule is Nc1ccc(F)c(F)c1N1CCCC(O)C1. The maximum Gasteiger partial charge on any atom is 0.184 e. The Bertz CT molecular complexity index is 398. The van der Waals surface area contributed by atoms with Gasteiger partial charge in [-0.1, -0.05) is 0 Å². The van der Waals surface area contributed by atoms with E-state index in [1.165, 1.54) is 6.07 Å². The number of β-amino-alcohol motifs (C(OH)–C–C–N with tert-alkyl or cyclic N) is 1. The molecule has 0 saturated carbocycles. The Hall–Kier alpha value is -1.36. The molecule has 3 N–H and O–H groups in total. The van der Waals surface area contributed by atoms with Crippen LogP contribution >= 0.6 is 0 Å².